The number of benzene rings is 3. The SMILES string of the molecule is C=C(C)C(=O)ON1CCN(C(=O)c2ccccc2-c2c3ccc(=[N+](CC)CC)cc-3oc3cc(N(CC)CC)ccc23)CC1. The second-order valence-corrected chi connectivity index (χ2v) is 11.1. The lowest BCUT2D eigenvalue weighted by Crippen LogP contribution is -2.49. The van der Waals surface area contributed by atoms with Crippen LogP contribution in [-0.4, -0.2) is 74.2 Å². The highest BCUT2D eigenvalue weighted by atomic mass is 16.7. The second kappa shape index (κ2) is 13.5. The van der Waals surface area contributed by atoms with Gasteiger partial charge in [-0.05, 0) is 64.4 Å². The summed E-state index contributed by atoms with van der Waals surface area (Å²) < 4.78 is 8.94. The number of hydroxylamine groups is 2. The molecule has 0 N–H and O–H groups in total. The number of amides is 1. The Morgan fingerprint density at radius 2 is 1.61 bits per heavy atom. The molecule has 0 saturated carbocycles. The molecule has 1 fully saturated rings. The lowest BCUT2D eigenvalue weighted by Gasteiger charge is -2.33. The highest BCUT2D eigenvalue weighted by Gasteiger charge is 2.28. The first-order valence-corrected chi connectivity index (χ1v) is 15.6. The summed E-state index contributed by atoms with van der Waals surface area (Å²) in [6.07, 6.45) is 0. The molecule has 0 bridgehead atoms. The Morgan fingerprint density at radius 1 is 0.909 bits per heavy atom. The number of carbonyl (C=O) groups excluding carboxylic acids is 2. The van der Waals surface area contributed by atoms with Crippen LogP contribution in [-0.2, 0) is 9.63 Å². The molecule has 2 heterocycles. The first-order chi connectivity index (χ1) is 21.3. The molecule has 1 amide bonds. The lowest BCUT2D eigenvalue weighted by molar-refractivity contribution is -0.191. The predicted octanol–water partition coefficient (Wildman–Crippen LogP) is 5.65. The van der Waals surface area contributed by atoms with E-state index in [4.69, 9.17) is 9.25 Å². The van der Waals surface area contributed by atoms with Crippen molar-refractivity contribution in [3.05, 3.63) is 83.7 Å². The smallest absolute Gasteiger partial charge is 0.352 e. The van der Waals surface area contributed by atoms with Crippen molar-refractivity contribution >= 4 is 28.5 Å². The standard InChI is InChI=1S/C36H43N4O4/c1-7-37(8-2)26-15-17-30-32(23-26)43-33-24-27(38(9-3)10-4)16-18-31(33)34(30)28-13-11-12-14-29(28)35(41)39-19-21-40(22-20-39)44-36(42)25(5)6/h11-18,23-24H,5,7-10,19-22H2,1-4,6H3/q+1. The Balaban J connectivity index is 1.63. The van der Waals surface area contributed by atoms with E-state index in [9.17, 15) is 9.59 Å². The maximum absolute atomic E-state index is 14.1. The van der Waals surface area contributed by atoms with Crippen LogP contribution in [0.4, 0.5) is 5.69 Å². The molecule has 8 nitrogen and oxygen atoms in total. The minimum Gasteiger partial charge on any atom is -0.456 e. The van der Waals surface area contributed by atoms with Crippen LogP contribution in [0.2, 0.25) is 0 Å². The minimum atomic E-state index is -0.448. The van der Waals surface area contributed by atoms with Gasteiger partial charge in [0.05, 0.1) is 19.2 Å². The van der Waals surface area contributed by atoms with Crippen molar-refractivity contribution in [1.82, 2.24) is 14.5 Å². The Morgan fingerprint density at radius 3 is 2.27 bits per heavy atom. The zero-order valence-corrected chi connectivity index (χ0v) is 26.6. The van der Waals surface area contributed by atoms with Gasteiger partial charge in [-0.25, -0.2) is 9.37 Å². The van der Waals surface area contributed by atoms with E-state index in [0.717, 1.165) is 70.6 Å². The maximum Gasteiger partial charge on any atom is 0.352 e. The van der Waals surface area contributed by atoms with Gasteiger partial charge in [0.1, 0.15) is 24.4 Å². The third-order valence-corrected chi connectivity index (χ3v) is 8.46. The van der Waals surface area contributed by atoms with Crippen LogP contribution >= 0.6 is 0 Å². The summed E-state index contributed by atoms with van der Waals surface area (Å²) in [6, 6.07) is 20.6. The van der Waals surface area contributed by atoms with Gasteiger partial charge in [-0.15, -0.1) is 5.06 Å². The molecule has 44 heavy (non-hydrogen) atoms. The van der Waals surface area contributed by atoms with E-state index < -0.39 is 5.97 Å². The van der Waals surface area contributed by atoms with Gasteiger partial charge < -0.3 is 19.1 Å². The number of nitrogens with zero attached hydrogens (tertiary/aromatic N) is 4. The van der Waals surface area contributed by atoms with Crippen LogP contribution in [0.5, 0.6) is 0 Å². The molecule has 5 rings (SSSR count). The Kier molecular flexibility index (Phi) is 9.49. The van der Waals surface area contributed by atoms with Gasteiger partial charge in [0.15, 0.2) is 0 Å². The van der Waals surface area contributed by atoms with E-state index in [1.165, 1.54) is 0 Å². The van der Waals surface area contributed by atoms with E-state index in [1.807, 2.05) is 29.2 Å². The molecule has 0 atom stereocenters. The molecule has 2 aromatic rings. The number of fused-ring (bicyclic) bond motifs is 2. The molecule has 0 spiro atoms. The van der Waals surface area contributed by atoms with E-state index in [0.29, 0.717) is 37.3 Å². The van der Waals surface area contributed by atoms with Crippen LogP contribution < -0.4 is 14.8 Å². The van der Waals surface area contributed by atoms with E-state index in [1.54, 1.807) is 12.0 Å². The first-order valence-electron chi connectivity index (χ1n) is 15.6. The van der Waals surface area contributed by atoms with Crippen molar-refractivity contribution in [2.24, 2.45) is 0 Å². The maximum atomic E-state index is 14.1. The Bertz CT molecular complexity index is 1720. The van der Waals surface area contributed by atoms with Crippen LogP contribution in [0.15, 0.2) is 77.2 Å². The molecule has 0 radical (unpaired) electrons. The van der Waals surface area contributed by atoms with Gasteiger partial charge in [-0.1, -0.05) is 24.8 Å². The van der Waals surface area contributed by atoms with Gasteiger partial charge in [0.25, 0.3) is 5.91 Å². The van der Waals surface area contributed by atoms with Crippen LogP contribution in [0.1, 0.15) is 45.0 Å². The van der Waals surface area contributed by atoms with Crippen molar-refractivity contribution in [2.45, 2.75) is 34.6 Å². The highest BCUT2D eigenvalue weighted by molar-refractivity contribution is 6.09. The van der Waals surface area contributed by atoms with Crippen molar-refractivity contribution in [3.8, 4) is 22.5 Å². The van der Waals surface area contributed by atoms with Gasteiger partial charge >= 0.3 is 5.97 Å². The topological polar surface area (TPSA) is 69.2 Å². The minimum absolute atomic E-state index is 0.0481. The third-order valence-electron chi connectivity index (χ3n) is 8.46. The number of piperazine rings is 1. The van der Waals surface area contributed by atoms with Crippen LogP contribution in [0.3, 0.4) is 0 Å². The molecule has 230 valence electrons. The zero-order chi connectivity index (χ0) is 31.4. The fraction of sp³-hybridized carbons (Fsp3) is 0.361. The lowest BCUT2D eigenvalue weighted by atomic mass is 9.90. The summed E-state index contributed by atoms with van der Waals surface area (Å²) in [5.41, 5.74) is 5.67. The summed E-state index contributed by atoms with van der Waals surface area (Å²) >= 11 is 0. The fourth-order valence-electron chi connectivity index (χ4n) is 5.96. The first kappa shape index (κ1) is 31.0. The van der Waals surface area contributed by atoms with Crippen molar-refractivity contribution < 1.29 is 18.8 Å². The number of hydrogen-bond acceptors (Lipinski definition) is 6. The summed E-state index contributed by atoms with van der Waals surface area (Å²) in [7, 11) is 0. The Labute approximate surface area is 259 Å². The van der Waals surface area contributed by atoms with E-state index in [2.05, 4.69) is 80.1 Å². The number of hydrogen-bond donors (Lipinski definition) is 0. The monoisotopic (exact) mass is 595 g/mol. The average molecular weight is 596 g/mol. The highest BCUT2D eigenvalue weighted by Crippen LogP contribution is 2.42. The summed E-state index contributed by atoms with van der Waals surface area (Å²) in [5.74, 6) is 0.286. The summed E-state index contributed by atoms with van der Waals surface area (Å²) in [5, 5.41) is 3.67. The average Bonchev–Trinajstić information content (AvgIpc) is 3.04. The normalized spacial score (nSPS) is 13.7. The molecule has 2 aliphatic heterocycles. The summed E-state index contributed by atoms with van der Waals surface area (Å²) in [4.78, 5) is 35.6. The molecular formula is C36H43N4O4+. The van der Waals surface area contributed by atoms with E-state index in [-0.39, 0.29) is 5.91 Å². The molecule has 3 aliphatic rings. The number of rotatable bonds is 9. The molecular weight excluding hydrogens is 552 g/mol. The van der Waals surface area contributed by atoms with Gasteiger partial charge in [0.2, 0.25) is 5.36 Å². The van der Waals surface area contributed by atoms with E-state index >= 15 is 0 Å². The molecule has 0 unspecified atom stereocenters. The van der Waals surface area contributed by atoms with Crippen molar-refractivity contribution in [3.63, 3.8) is 0 Å². The van der Waals surface area contributed by atoms with Crippen LogP contribution in [0, 0.1) is 0 Å². The van der Waals surface area contributed by atoms with Crippen molar-refractivity contribution in [2.75, 3.05) is 57.3 Å². The van der Waals surface area contributed by atoms with Crippen molar-refractivity contribution in [1.29, 1.82) is 0 Å². The number of anilines is 1. The van der Waals surface area contributed by atoms with Gasteiger partial charge in [-0.3, -0.25) is 4.79 Å². The quantitative estimate of drug-likeness (QED) is 0.141. The molecule has 1 aliphatic carbocycles. The molecule has 1 saturated heterocycles. The summed E-state index contributed by atoms with van der Waals surface area (Å²) in [6.45, 7) is 19.2. The largest absolute Gasteiger partial charge is 0.456 e. The second-order valence-electron chi connectivity index (χ2n) is 11.1. The van der Waals surface area contributed by atoms with Gasteiger partial charge in [0, 0.05) is 71.6 Å². The third kappa shape index (κ3) is 6.13. The van der Waals surface area contributed by atoms with Gasteiger partial charge in [-0.2, -0.15) is 0 Å². The fourth-order valence-corrected chi connectivity index (χ4v) is 5.96. The Hall–Kier alpha value is -4.43. The number of carbonyl (C=O) groups is 2. The molecule has 2 aromatic carbocycles. The predicted molar refractivity (Wildman–Crippen MR) is 177 cm³/mol. The molecule has 0 aromatic heterocycles. The molecule has 8 heteroatoms. The zero-order valence-electron chi connectivity index (χ0n) is 26.6. The van der Waals surface area contributed by atoms with Crippen LogP contribution in [0.25, 0.3) is 33.4 Å².